The Morgan fingerprint density at radius 2 is 1.69 bits per heavy atom. The number of hydrogen-bond donors (Lipinski definition) is 1. The number of nitrogens with zero attached hydrogens (tertiary/aromatic N) is 3. The third-order valence-electron chi connectivity index (χ3n) is 6.04. The Bertz CT molecular complexity index is 1200. The van der Waals surface area contributed by atoms with Crippen LogP contribution in [0.15, 0.2) is 64.9 Å². The summed E-state index contributed by atoms with van der Waals surface area (Å²) in [6, 6.07) is 17.0. The molecule has 1 N–H and O–H groups in total. The van der Waals surface area contributed by atoms with Crippen molar-refractivity contribution in [2.45, 2.75) is 17.2 Å². The third-order valence-corrected chi connectivity index (χ3v) is 8.85. The Morgan fingerprint density at radius 1 is 0.969 bits per heavy atom. The van der Waals surface area contributed by atoms with Crippen LogP contribution in [0.25, 0.3) is 11.3 Å². The maximum atomic E-state index is 13.1. The van der Waals surface area contributed by atoms with Crippen molar-refractivity contribution in [1.82, 2.24) is 14.6 Å². The van der Waals surface area contributed by atoms with Gasteiger partial charge in [-0.3, -0.25) is 4.79 Å². The average Bonchev–Trinajstić information content (AvgIpc) is 3.50. The highest BCUT2D eigenvalue weighted by Crippen LogP contribution is 2.29. The van der Waals surface area contributed by atoms with E-state index >= 15 is 0 Å². The van der Waals surface area contributed by atoms with Crippen LogP contribution in [0.3, 0.4) is 0 Å². The van der Waals surface area contributed by atoms with Crippen molar-refractivity contribution in [3.63, 3.8) is 0 Å². The monoisotopic (exact) mass is 468 g/mol. The molecule has 7 nitrogen and oxygen atoms in total. The Hall–Kier alpha value is -2.75. The van der Waals surface area contributed by atoms with Crippen molar-refractivity contribution in [1.29, 1.82) is 0 Å². The number of carbonyl (C=O) groups excluding carboxylic acids is 1. The molecule has 0 aliphatic carbocycles. The van der Waals surface area contributed by atoms with E-state index < -0.39 is 10.0 Å². The summed E-state index contributed by atoms with van der Waals surface area (Å²) >= 11 is 1.59. The van der Waals surface area contributed by atoms with Gasteiger partial charge in [0.1, 0.15) is 0 Å². The number of benzene rings is 2. The van der Waals surface area contributed by atoms with Gasteiger partial charge < -0.3 is 10.2 Å². The Morgan fingerprint density at radius 3 is 2.34 bits per heavy atom. The lowest BCUT2D eigenvalue weighted by Crippen LogP contribution is -2.48. The molecule has 1 atom stereocenters. The van der Waals surface area contributed by atoms with Gasteiger partial charge in [-0.05, 0) is 17.7 Å². The first-order valence-corrected chi connectivity index (χ1v) is 13.0. The fourth-order valence-corrected chi connectivity index (χ4v) is 6.48. The molecule has 0 bridgehead atoms. The molecule has 1 unspecified atom stereocenters. The summed E-state index contributed by atoms with van der Waals surface area (Å²) in [6.07, 6.45) is 0.455. The van der Waals surface area contributed by atoms with Gasteiger partial charge >= 0.3 is 0 Å². The number of aromatic nitrogens is 1. The van der Waals surface area contributed by atoms with Crippen LogP contribution in [0, 0.1) is 0 Å². The second-order valence-corrected chi connectivity index (χ2v) is 10.8. The molecule has 9 heteroatoms. The summed E-state index contributed by atoms with van der Waals surface area (Å²) in [4.78, 5) is 18.6. The number of amides is 1. The molecule has 166 valence electrons. The fraction of sp³-hybridized carbons (Fsp3) is 0.304. The summed E-state index contributed by atoms with van der Waals surface area (Å²) in [7, 11) is -3.55. The third kappa shape index (κ3) is 4.15. The highest BCUT2D eigenvalue weighted by molar-refractivity contribution is 7.89. The number of nitrogens with one attached hydrogen (secondary N) is 1. The van der Waals surface area contributed by atoms with Crippen LogP contribution < -0.4 is 10.2 Å². The molecule has 5 rings (SSSR count). The first-order chi connectivity index (χ1) is 15.5. The minimum absolute atomic E-state index is 0.0423. The first kappa shape index (κ1) is 21.1. The van der Waals surface area contributed by atoms with E-state index in [0.29, 0.717) is 44.0 Å². The van der Waals surface area contributed by atoms with Gasteiger partial charge in [0.15, 0.2) is 5.13 Å². The summed E-state index contributed by atoms with van der Waals surface area (Å²) in [5.41, 5.74) is 3.02. The molecular weight excluding hydrogens is 444 g/mol. The molecule has 1 aromatic heterocycles. The molecular formula is C23H24N4O3S2. The van der Waals surface area contributed by atoms with E-state index in [4.69, 9.17) is 4.98 Å². The smallest absolute Gasteiger partial charge is 0.243 e. The number of anilines is 1. The molecule has 32 heavy (non-hydrogen) atoms. The van der Waals surface area contributed by atoms with E-state index in [1.165, 1.54) is 0 Å². The molecule has 0 saturated carbocycles. The molecule has 2 aliphatic rings. The van der Waals surface area contributed by atoms with Crippen LogP contribution in [-0.4, -0.2) is 56.3 Å². The minimum Gasteiger partial charge on any atom is -0.355 e. The highest BCUT2D eigenvalue weighted by Gasteiger charge is 2.30. The largest absolute Gasteiger partial charge is 0.355 e. The van der Waals surface area contributed by atoms with E-state index in [9.17, 15) is 13.2 Å². The molecule has 3 aromatic rings. The van der Waals surface area contributed by atoms with E-state index in [1.54, 1.807) is 27.8 Å². The zero-order valence-corrected chi connectivity index (χ0v) is 19.1. The summed E-state index contributed by atoms with van der Waals surface area (Å²) in [5, 5.41) is 5.78. The van der Waals surface area contributed by atoms with Gasteiger partial charge in [0.25, 0.3) is 0 Å². The van der Waals surface area contributed by atoms with Gasteiger partial charge in [0, 0.05) is 56.0 Å². The molecule has 2 aliphatic heterocycles. The van der Waals surface area contributed by atoms with Gasteiger partial charge in [-0.15, -0.1) is 11.3 Å². The fourth-order valence-electron chi connectivity index (χ4n) is 4.17. The number of sulfonamides is 1. The standard InChI is InChI=1S/C23H24N4O3S2/c28-22-14-19(15-24-22)17-6-8-20(9-7-17)32(29,30)27-12-10-26(11-13-27)23-25-21(16-31-23)18-4-2-1-3-5-18/h1-9,16,19H,10-15H2,(H,24,28). The minimum atomic E-state index is -3.55. The van der Waals surface area contributed by atoms with Crippen LogP contribution in [-0.2, 0) is 14.8 Å². The molecule has 2 aromatic carbocycles. The zero-order valence-electron chi connectivity index (χ0n) is 17.5. The van der Waals surface area contributed by atoms with E-state index in [2.05, 4.69) is 10.2 Å². The molecule has 3 heterocycles. The summed E-state index contributed by atoms with van der Waals surface area (Å²) in [6.45, 7) is 2.66. The lowest BCUT2D eigenvalue weighted by Gasteiger charge is -2.33. The quantitative estimate of drug-likeness (QED) is 0.623. The topological polar surface area (TPSA) is 82.6 Å². The lowest BCUT2D eigenvalue weighted by molar-refractivity contribution is -0.119. The van der Waals surface area contributed by atoms with Crippen LogP contribution in [0.5, 0.6) is 0 Å². The Balaban J connectivity index is 1.24. The molecule has 2 saturated heterocycles. The summed E-state index contributed by atoms with van der Waals surface area (Å²) in [5.74, 6) is 0.155. The van der Waals surface area contributed by atoms with Crippen LogP contribution in [0.4, 0.5) is 5.13 Å². The normalized spacial score (nSPS) is 19.8. The van der Waals surface area contributed by atoms with E-state index in [1.807, 2.05) is 47.8 Å². The molecule has 0 spiro atoms. The predicted octanol–water partition coefficient (Wildman–Crippen LogP) is 2.92. The van der Waals surface area contributed by atoms with Crippen molar-refractivity contribution in [3.8, 4) is 11.3 Å². The van der Waals surface area contributed by atoms with Gasteiger partial charge in [0.05, 0.1) is 10.6 Å². The lowest BCUT2D eigenvalue weighted by atomic mass is 9.99. The Labute approximate surface area is 191 Å². The summed E-state index contributed by atoms with van der Waals surface area (Å²) < 4.78 is 27.8. The van der Waals surface area contributed by atoms with Crippen molar-refractivity contribution >= 4 is 32.4 Å². The molecule has 2 fully saturated rings. The zero-order chi connectivity index (χ0) is 22.1. The number of rotatable bonds is 5. The van der Waals surface area contributed by atoms with Crippen LogP contribution >= 0.6 is 11.3 Å². The number of piperazine rings is 1. The van der Waals surface area contributed by atoms with Gasteiger partial charge in [0.2, 0.25) is 15.9 Å². The van der Waals surface area contributed by atoms with Crippen molar-refractivity contribution in [3.05, 3.63) is 65.5 Å². The van der Waals surface area contributed by atoms with Gasteiger partial charge in [-0.25, -0.2) is 13.4 Å². The van der Waals surface area contributed by atoms with Crippen LogP contribution in [0.2, 0.25) is 0 Å². The van der Waals surface area contributed by atoms with Crippen LogP contribution in [0.1, 0.15) is 17.9 Å². The highest BCUT2D eigenvalue weighted by atomic mass is 32.2. The van der Waals surface area contributed by atoms with E-state index in [-0.39, 0.29) is 11.8 Å². The number of carbonyl (C=O) groups is 1. The van der Waals surface area contributed by atoms with Crippen molar-refractivity contribution < 1.29 is 13.2 Å². The second kappa shape index (κ2) is 8.65. The van der Waals surface area contributed by atoms with Crippen molar-refractivity contribution in [2.24, 2.45) is 0 Å². The average molecular weight is 469 g/mol. The first-order valence-electron chi connectivity index (χ1n) is 10.6. The van der Waals surface area contributed by atoms with Gasteiger partial charge in [-0.2, -0.15) is 4.31 Å². The maximum absolute atomic E-state index is 13.1. The number of thiazole rings is 1. The van der Waals surface area contributed by atoms with E-state index in [0.717, 1.165) is 22.0 Å². The maximum Gasteiger partial charge on any atom is 0.243 e. The Kier molecular flexibility index (Phi) is 5.71. The SMILES string of the molecule is O=C1CC(c2ccc(S(=O)(=O)N3CCN(c4nc(-c5ccccc5)cs4)CC3)cc2)CN1. The van der Waals surface area contributed by atoms with Gasteiger partial charge in [-0.1, -0.05) is 42.5 Å². The molecule has 1 amide bonds. The second-order valence-electron chi connectivity index (χ2n) is 8.05. The molecule has 0 radical (unpaired) electrons. The number of hydrogen-bond acceptors (Lipinski definition) is 6. The predicted molar refractivity (Wildman–Crippen MR) is 125 cm³/mol. The van der Waals surface area contributed by atoms with Crippen molar-refractivity contribution in [2.75, 3.05) is 37.6 Å².